The molecule has 0 heterocycles. The molecule has 0 aromatic heterocycles. The maximum Gasteiger partial charge on any atom is 0.337 e. The number of carbonyl (C=O) groups is 2. The highest BCUT2D eigenvalue weighted by Gasteiger charge is 2.30. The number of ether oxygens (including phenoxy) is 1. The van der Waals surface area contributed by atoms with E-state index in [-0.39, 0.29) is 11.3 Å². The minimum Gasteiger partial charge on any atom is -0.497 e. The number of carbonyl (C=O) groups excluding carboxylic acids is 1. The van der Waals surface area contributed by atoms with Gasteiger partial charge < -0.3 is 20.9 Å². The third-order valence-corrected chi connectivity index (χ3v) is 3.42. The van der Waals surface area contributed by atoms with Gasteiger partial charge >= 0.3 is 5.97 Å². The minimum absolute atomic E-state index is 0.0349. The molecule has 0 unspecified atom stereocenters. The van der Waals surface area contributed by atoms with Crippen molar-refractivity contribution in [3.63, 3.8) is 0 Å². The zero-order valence-corrected chi connectivity index (χ0v) is 11.9. The van der Waals surface area contributed by atoms with E-state index in [4.69, 9.17) is 10.5 Å². The van der Waals surface area contributed by atoms with E-state index in [9.17, 15) is 14.7 Å². The van der Waals surface area contributed by atoms with Crippen LogP contribution in [0, 0.1) is 0 Å². The van der Waals surface area contributed by atoms with Crippen molar-refractivity contribution >= 4 is 17.6 Å². The molecular weight excluding hydrogens is 260 g/mol. The number of hydrogen-bond donors (Lipinski definition) is 3. The Morgan fingerprint density at radius 2 is 1.95 bits per heavy atom. The summed E-state index contributed by atoms with van der Waals surface area (Å²) in [6.45, 7) is 3.63. The molecule has 0 aliphatic heterocycles. The fourth-order valence-corrected chi connectivity index (χ4v) is 1.75. The highest BCUT2D eigenvalue weighted by Crippen LogP contribution is 2.24. The third-order valence-electron chi connectivity index (χ3n) is 3.42. The second-order valence-corrected chi connectivity index (χ2v) is 4.53. The predicted octanol–water partition coefficient (Wildman–Crippen LogP) is 1.85. The van der Waals surface area contributed by atoms with Gasteiger partial charge in [-0.1, -0.05) is 13.8 Å². The Kier molecular flexibility index (Phi) is 5.10. The van der Waals surface area contributed by atoms with Crippen LogP contribution in [0.25, 0.3) is 0 Å². The molecule has 0 atom stereocenters. The molecule has 1 amide bonds. The van der Waals surface area contributed by atoms with E-state index in [1.165, 1.54) is 19.2 Å². The summed E-state index contributed by atoms with van der Waals surface area (Å²) in [6, 6.07) is 4.43. The lowest BCUT2D eigenvalue weighted by atomic mass is 9.93. The lowest BCUT2D eigenvalue weighted by Gasteiger charge is -2.25. The molecule has 20 heavy (non-hydrogen) atoms. The SMILES string of the molecule is CCC(N)(CC)C(=O)Nc1ccc(OC)cc1C(=O)O. The number of carboxylic acid groups (broad SMARTS) is 1. The average molecular weight is 280 g/mol. The highest BCUT2D eigenvalue weighted by molar-refractivity contribution is 6.03. The molecule has 0 saturated heterocycles. The standard InChI is InChI=1S/C14H20N2O4/c1-4-14(15,5-2)13(19)16-11-7-6-9(20-3)8-10(11)12(17)18/h6-8H,4-5,15H2,1-3H3,(H,16,19)(H,17,18). The van der Waals surface area contributed by atoms with E-state index in [1.54, 1.807) is 6.07 Å². The monoisotopic (exact) mass is 280 g/mol. The lowest BCUT2D eigenvalue weighted by molar-refractivity contribution is -0.121. The van der Waals surface area contributed by atoms with Crippen LogP contribution >= 0.6 is 0 Å². The first-order chi connectivity index (χ1) is 9.37. The van der Waals surface area contributed by atoms with Gasteiger partial charge in [0, 0.05) is 0 Å². The van der Waals surface area contributed by atoms with E-state index >= 15 is 0 Å². The molecule has 110 valence electrons. The molecule has 0 fully saturated rings. The molecule has 0 bridgehead atoms. The van der Waals surface area contributed by atoms with Gasteiger partial charge in [-0.15, -0.1) is 0 Å². The van der Waals surface area contributed by atoms with E-state index in [0.29, 0.717) is 18.6 Å². The summed E-state index contributed by atoms with van der Waals surface area (Å²) in [5.74, 6) is -1.13. The normalized spacial score (nSPS) is 11.0. The lowest BCUT2D eigenvalue weighted by Crippen LogP contribution is -2.50. The Morgan fingerprint density at radius 3 is 2.40 bits per heavy atom. The summed E-state index contributed by atoms with van der Waals surface area (Å²) < 4.78 is 4.97. The molecule has 0 spiro atoms. The third kappa shape index (κ3) is 3.27. The van der Waals surface area contributed by atoms with E-state index in [0.717, 1.165) is 0 Å². The summed E-state index contributed by atoms with van der Waals surface area (Å²) in [6.07, 6.45) is 0.932. The number of rotatable bonds is 6. The van der Waals surface area contributed by atoms with Gasteiger partial charge in [0.1, 0.15) is 5.75 Å². The van der Waals surface area contributed by atoms with Crippen LogP contribution in [-0.4, -0.2) is 29.6 Å². The molecule has 0 saturated carbocycles. The van der Waals surface area contributed by atoms with Crippen LogP contribution in [0.3, 0.4) is 0 Å². The number of hydrogen-bond acceptors (Lipinski definition) is 4. The molecule has 0 aliphatic carbocycles. The van der Waals surface area contributed by atoms with Crippen LogP contribution in [-0.2, 0) is 4.79 Å². The fourth-order valence-electron chi connectivity index (χ4n) is 1.75. The van der Waals surface area contributed by atoms with Crippen molar-refractivity contribution in [1.82, 2.24) is 0 Å². The van der Waals surface area contributed by atoms with Crippen molar-refractivity contribution in [3.8, 4) is 5.75 Å². The van der Waals surface area contributed by atoms with Crippen molar-refractivity contribution in [2.45, 2.75) is 32.2 Å². The van der Waals surface area contributed by atoms with Crippen LogP contribution in [0.4, 0.5) is 5.69 Å². The Bertz CT molecular complexity index is 510. The Labute approximate surface area is 117 Å². The molecule has 0 radical (unpaired) electrons. The van der Waals surface area contributed by atoms with Gasteiger partial charge in [0.15, 0.2) is 0 Å². The molecule has 0 aliphatic rings. The maximum atomic E-state index is 12.2. The highest BCUT2D eigenvalue weighted by atomic mass is 16.5. The molecule has 6 nitrogen and oxygen atoms in total. The second-order valence-electron chi connectivity index (χ2n) is 4.53. The first kappa shape index (κ1) is 16.0. The zero-order valence-electron chi connectivity index (χ0n) is 11.9. The summed E-state index contributed by atoms with van der Waals surface area (Å²) in [5.41, 5.74) is 5.16. The van der Waals surface area contributed by atoms with Gasteiger partial charge in [-0.25, -0.2) is 4.79 Å². The van der Waals surface area contributed by atoms with Crippen molar-refractivity contribution in [2.24, 2.45) is 5.73 Å². The van der Waals surface area contributed by atoms with Crippen LogP contribution < -0.4 is 15.8 Å². The molecule has 1 aromatic carbocycles. The topological polar surface area (TPSA) is 102 Å². The predicted molar refractivity (Wildman–Crippen MR) is 76.1 cm³/mol. The number of anilines is 1. The molecule has 1 aromatic rings. The minimum atomic E-state index is -1.14. The molecule has 4 N–H and O–H groups in total. The van der Waals surface area contributed by atoms with Gasteiger partial charge in [-0.3, -0.25) is 4.79 Å². The van der Waals surface area contributed by atoms with Crippen molar-refractivity contribution < 1.29 is 19.4 Å². The van der Waals surface area contributed by atoms with Gasteiger partial charge in [-0.05, 0) is 31.0 Å². The number of carboxylic acids is 1. The van der Waals surface area contributed by atoms with E-state index in [2.05, 4.69) is 5.32 Å². The molecule has 1 rings (SSSR count). The van der Waals surface area contributed by atoms with Gasteiger partial charge in [-0.2, -0.15) is 0 Å². The van der Waals surface area contributed by atoms with Gasteiger partial charge in [0.25, 0.3) is 0 Å². The summed E-state index contributed by atoms with van der Waals surface area (Å²) in [5, 5.41) is 11.8. The smallest absolute Gasteiger partial charge is 0.337 e. The van der Waals surface area contributed by atoms with E-state index < -0.39 is 17.4 Å². The Morgan fingerprint density at radius 1 is 1.35 bits per heavy atom. The average Bonchev–Trinajstić information content (AvgIpc) is 2.46. The first-order valence-electron chi connectivity index (χ1n) is 6.39. The van der Waals surface area contributed by atoms with Crippen molar-refractivity contribution in [3.05, 3.63) is 23.8 Å². The summed E-state index contributed by atoms with van der Waals surface area (Å²) in [7, 11) is 1.44. The first-order valence-corrected chi connectivity index (χ1v) is 6.39. The number of methoxy groups -OCH3 is 1. The number of benzene rings is 1. The van der Waals surface area contributed by atoms with Crippen molar-refractivity contribution in [2.75, 3.05) is 12.4 Å². The second kappa shape index (κ2) is 6.38. The van der Waals surface area contributed by atoms with Crippen LogP contribution in [0.5, 0.6) is 5.75 Å². The van der Waals surface area contributed by atoms with Crippen LogP contribution in [0.2, 0.25) is 0 Å². The molecule has 6 heteroatoms. The van der Waals surface area contributed by atoms with E-state index in [1.807, 2.05) is 13.8 Å². The number of aromatic carboxylic acids is 1. The number of amides is 1. The summed E-state index contributed by atoms with van der Waals surface area (Å²) >= 11 is 0. The Hall–Kier alpha value is -2.08. The van der Waals surface area contributed by atoms with Crippen molar-refractivity contribution in [1.29, 1.82) is 0 Å². The number of nitrogens with two attached hydrogens (primary N) is 1. The van der Waals surface area contributed by atoms with Gasteiger partial charge in [0.05, 0.1) is 23.9 Å². The summed E-state index contributed by atoms with van der Waals surface area (Å²) in [4.78, 5) is 23.4. The van der Waals surface area contributed by atoms with Gasteiger partial charge in [0.2, 0.25) is 5.91 Å². The fraction of sp³-hybridized carbons (Fsp3) is 0.429. The maximum absolute atomic E-state index is 12.2. The Balaban J connectivity index is 3.09. The zero-order chi connectivity index (χ0) is 15.3. The van der Waals surface area contributed by atoms with Crippen LogP contribution in [0.15, 0.2) is 18.2 Å². The largest absolute Gasteiger partial charge is 0.497 e. The molecular formula is C14H20N2O4. The quantitative estimate of drug-likeness (QED) is 0.738. The van der Waals surface area contributed by atoms with Crippen LogP contribution in [0.1, 0.15) is 37.0 Å². The number of nitrogens with one attached hydrogen (secondary N) is 1.